The lowest BCUT2D eigenvalue weighted by molar-refractivity contribution is 0.100. The zero-order chi connectivity index (χ0) is 21.2. The molecule has 3 aromatic rings. The maximum absolute atomic E-state index is 14.0. The van der Waals surface area contributed by atoms with Crippen LogP contribution in [0.15, 0.2) is 36.5 Å². The summed E-state index contributed by atoms with van der Waals surface area (Å²) in [7, 11) is -3.40. The molecule has 0 aliphatic heterocycles. The van der Waals surface area contributed by atoms with Gasteiger partial charge in [-0.15, -0.1) is 0 Å². The Morgan fingerprint density at radius 2 is 1.97 bits per heavy atom. The quantitative estimate of drug-likeness (QED) is 0.464. The fraction of sp³-hybridized carbons (Fsp3) is 0.167. The van der Waals surface area contributed by atoms with E-state index in [0.717, 1.165) is 6.20 Å². The van der Waals surface area contributed by atoms with Crippen LogP contribution >= 0.6 is 0 Å². The van der Waals surface area contributed by atoms with Crippen LogP contribution in [0, 0.1) is 12.7 Å². The number of nitrogens with two attached hydrogens (primary N) is 1. The second kappa shape index (κ2) is 7.87. The van der Waals surface area contributed by atoms with Crippen LogP contribution in [0.1, 0.15) is 23.0 Å². The number of hydrogen-bond donors (Lipinski definition) is 4. The molecule has 0 aliphatic rings. The van der Waals surface area contributed by atoms with Gasteiger partial charge < -0.3 is 11.1 Å². The highest BCUT2D eigenvalue weighted by atomic mass is 32.2. The van der Waals surface area contributed by atoms with Crippen molar-refractivity contribution < 1.29 is 17.6 Å². The molecule has 2 aromatic heterocycles. The lowest BCUT2D eigenvalue weighted by Crippen LogP contribution is -2.14. The molecular weight excluding hydrogens is 399 g/mol. The van der Waals surface area contributed by atoms with Crippen LogP contribution in [-0.4, -0.2) is 35.3 Å². The number of carbonyl (C=O) groups excluding carboxylic acids is 1. The van der Waals surface area contributed by atoms with E-state index in [4.69, 9.17) is 5.73 Å². The first kappa shape index (κ1) is 20.3. The molecular formula is C18H19FN6O3S. The van der Waals surface area contributed by atoms with Gasteiger partial charge in [-0.2, -0.15) is 5.10 Å². The van der Waals surface area contributed by atoms with Crippen LogP contribution in [0.2, 0.25) is 0 Å². The molecule has 0 aliphatic carbocycles. The molecule has 0 bridgehead atoms. The van der Waals surface area contributed by atoms with Crippen LogP contribution in [0.3, 0.4) is 0 Å². The Morgan fingerprint density at radius 3 is 2.59 bits per heavy atom. The van der Waals surface area contributed by atoms with Gasteiger partial charge >= 0.3 is 0 Å². The van der Waals surface area contributed by atoms with Crippen LogP contribution in [0.4, 0.5) is 21.6 Å². The number of sulfonamides is 1. The molecule has 0 atom stereocenters. The number of pyridine rings is 1. The van der Waals surface area contributed by atoms with Crippen molar-refractivity contribution in [3.05, 3.63) is 53.6 Å². The third-order valence-corrected chi connectivity index (χ3v) is 5.39. The highest BCUT2D eigenvalue weighted by molar-refractivity contribution is 7.92. The third-order valence-electron chi connectivity index (χ3n) is 4.08. The van der Waals surface area contributed by atoms with E-state index < -0.39 is 21.7 Å². The summed E-state index contributed by atoms with van der Waals surface area (Å²) in [5.74, 6) is -1.37. The molecule has 1 aromatic carbocycles. The van der Waals surface area contributed by atoms with E-state index in [1.54, 1.807) is 31.2 Å². The van der Waals surface area contributed by atoms with E-state index in [-0.39, 0.29) is 22.8 Å². The number of hydrogen-bond acceptors (Lipinski definition) is 6. The number of aromatic amines is 1. The van der Waals surface area contributed by atoms with Gasteiger partial charge in [0.1, 0.15) is 5.56 Å². The summed E-state index contributed by atoms with van der Waals surface area (Å²) in [6.45, 7) is 3.23. The predicted octanol–water partition coefficient (Wildman–Crippen LogP) is 2.52. The Morgan fingerprint density at radius 1 is 1.28 bits per heavy atom. The zero-order valence-corrected chi connectivity index (χ0v) is 16.5. The van der Waals surface area contributed by atoms with Gasteiger partial charge in [-0.3, -0.25) is 19.6 Å². The van der Waals surface area contributed by atoms with Crippen molar-refractivity contribution in [2.45, 2.75) is 13.8 Å². The first-order valence-electron chi connectivity index (χ1n) is 8.58. The Balaban J connectivity index is 1.95. The maximum atomic E-state index is 14.0. The highest BCUT2D eigenvalue weighted by Crippen LogP contribution is 2.30. The Bertz CT molecular complexity index is 1160. The van der Waals surface area contributed by atoms with Crippen molar-refractivity contribution in [1.82, 2.24) is 15.2 Å². The van der Waals surface area contributed by atoms with Crippen molar-refractivity contribution >= 4 is 33.1 Å². The number of rotatable bonds is 7. The lowest BCUT2D eigenvalue weighted by atomic mass is 10.1. The predicted molar refractivity (Wildman–Crippen MR) is 108 cm³/mol. The largest absolute Gasteiger partial charge is 0.365 e. The summed E-state index contributed by atoms with van der Waals surface area (Å²) >= 11 is 0. The molecule has 29 heavy (non-hydrogen) atoms. The zero-order valence-electron chi connectivity index (χ0n) is 15.7. The fourth-order valence-electron chi connectivity index (χ4n) is 2.60. The molecule has 1 amide bonds. The normalized spacial score (nSPS) is 11.3. The summed E-state index contributed by atoms with van der Waals surface area (Å²) in [4.78, 5) is 15.9. The van der Waals surface area contributed by atoms with Gasteiger partial charge in [-0.1, -0.05) is 12.1 Å². The van der Waals surface area contributed by atoms with Gasteiger partial charge in [-0.05, 0) is 32.0 Å². The third kappa shape index (κ3) is 4.51. The lowest BCUT2D eigenvalue weighted by Gasteiger charge is -2.08. The molecule has 152 valence electrons. The summed E-state index contributed by atoms with van der Waals surface area (Å²) in [6, 6.07) is 7.78. The molecule has 0 saturated carbocycles. The fourth-order valence-corrected chi connectivity index (χ4v) is 3.24. The minimum Gasteiger partial charge on any atom is -0.365 e. The number of aromatic nitrogens is 3. The van der Waals surface area contributed by atoms with Crippen molar-refractivity contribution in [3.63, 3.8) is 0 Å². The van der Waals surface area contributed by atoms with Crippen LogP contribution in [0.5, 0.6) is 0 Å². The summed E-state index contributed by atoms with van der Waals surface area (Å²) in [5.41, 5.74) is 7.47. The number of aryl methyl sites for hydroxylation is 1. The van der Waals surface area contributed by atoms with Gasteiger partial charge in [0.2, 0.25) is 10.0 Å². The summed E-state index contributed by atoms with van der Waals surface area (Å²) < 4.78 is 39.7. The SMILES string of the molecule is CCS(=O)(=O)Nc1ccc(-c2[nH]nc(Nc3cc(C)ncc3F)c2C(N)=O)cc1. The first-order valence-corrected chi connectivity index (χ1v) is 10.2. The van der Waals surface area contributed by atoms with E-state index in [2.05, 4.69) is 25.2 Å². The molecule has 2 heterocycles. The van der Waals surface area contributed by atoms with E-state index >= 15 is 0 Å². The smallest absolute Gasteiger partial charge is 0.254 e. The highest BCUT2D eigenvalue weighted by Gasteiger charge is 2.21. The van der Waals surface area contributed by atoms with Crippen LogP contribution < -0.4 is 15.8 Å². The van der Waals surface area contributed by atoms with E-state index in [1.807, 2.05) is 0 Å². The second-order valence-corrected chi connectivity index (χ2v) is 8.21. The number of halogens is 1. The first-order chi connectivity index (χ1) is 13.7. The van der Waals surface area contributed by atoms with Gasteiger partial charge in [0, 0.05) is 16.9 Å². The van der Waals surface area contributed by atoms with Crippen molar-refractivity contribution in [3.8, 4) is 11.3 Å². The number of primary amides is 1. The number of anilines is 3. The molecule has 11 heteroatoms. The Labute approximate surface area is 166 Å². The average molecular weight is 418 g/mol. The molecule has 9 nitrogen and oxygen atoms in total. The van der Waals surface area contributed by atoms with Crippen LogP contribution in [0.25, 0.3) is 11.3 Å². The molecule has 5 N–H and O–H groups in total. The van der Waals surface area contributed by atoms with Gasteiger partial charge in [-0.25, -0.2) is 12.8 Å². The number of H-pyrrole nitrogens is 1. The number of amides is 1. The minimum absolute atomic E-state index is 0.0424. The van der Waals surface area contributed by atoms with Crippen LogP contribution in [-0.2, 0) is 10.0 Å². The molecule has 0 fully saturated rings. The number of carbonyl (C=O) groups is 1. The van der Waals surface area contributed by atoms with E-state index in [9.17, 15) is 17.6 Å². The van der Waals surface area contributed by atoms with E-state index in [1.165, 1.54) is 13.0 Å². The molecule has 0 unspecified atom stereocenters. The van der Waals surface area contributed by atoms with Crippen molar-refractivity contribution in [1.29, 1.82) is 0 Å². The molecule has 0 saturated heterocycles. The van der Waals surface area contributed by atoms with Crippen molar-refractivity contribution in [2.24, 2.45) is 5.73 Å². The summed E-state index contributed by atoms with van der Waals surface area (Å²) in [6.07, 6.45) is 1.06. The maximum Gasteiger partial charge on any atom is 0.254 e. The number of benzene rings is 1. The Hall–Kier alpha value is -3.47. The van der Waals surface area contributed by atoms with Gasteiger partial charge in [0.25, 0.3) is 5.91 Å². The Kier molecular flexibility index (Phi) is 5.50. The summed E-state index contributed by atoms with van der Waals surface area (Å²) in [5, 5.41) is 9.51. The van der Waals surface area contributed by atoms with Gasteiger partial charge in [0.15, 0.2) is 11.6 Å². The van der Waals surface area contributed by atoms with E-state index in [0.29, 0.717) is 22.6 Å². The number of nitrogens with one attached hydrogen (secondary N) is 3. The van der Waals surface area contributed by atoms with Crippen molar-refractivity contribution in [2.75, 3.05) is 15.8 Å². The molecule has 0 radical (unpaired) electrons. The molecule has 3 rings (SSSR count). The van der Waals surface area contributed by atoms with Gasteiger partial charge in [0.05, 0.1) is 23.3 Å². The second-order valence-electron chi connectivity index (χ2n) is 6.20. The average Bonchev–Trinajstić information content (AvgIpc) is 3.09. The standard InChI is InChI=1S/C18H19FN6O3S/c1-3-29(27,28)25-12-6-4-11(5-7-12)16-15(17(20)26)18(24-23-16)22-14-8-10(2)21-9-13(14)19/h4-9,25H,3H2,1-2H3,(H2,20,26)(H2,21,22,23,24). The number of nitrogens with zero attached hydrogens (tertiary/aromatic N) is 2. The topological polar surface area (TPSA) is 143 Å². The molecule has 0 spiro atoms. The minimum atomic E-state index is -3.40. The monoisotopic (exact) mass is 418 g/mol.